The molecule has 0 aliphatic heterocycles. The highest BCUT2D eigenvalue weighted by Crippen LogP contribution is 2.24. The van der Waals surface area contributed by atoms with Crippen LogP contribution < -0.4 is 5.73 Å². The molecular formula is C15H15N5. The molecule has 0 amide bonds. The summed E-state index contributed by atoms with van der Waals surface area (Å²) in [7, 11) is 0. The number of benzene rings is 2. The number of rotatable bonds is 2. The average Bonchev–Trinajstić information content (AvgIpc) is 2.87. The minimum atomic E-state index is 0.716. The van der Waals surface area contributed by atoms with Crippen molar-refractivity contribution in [3.05, 3.63) is 53.6 Å². The van der Waals surface area contributed by atoms with E-state index in [1.165, 1.54) is 0 Å². The van der Waals surface area contributed by atoms with Crippen molar-refractivity contribution in [1.82, 2.24) is 20.2 Å². The Kier molecular flexibility index (Phi) is 2.95. The molecule has 20 heavy (non-hydrogen) atoms. The van der Waals surface area contributed by atoms with Gasteiger partial charge in [-0.3, -0.25) is 0 Å². The van der Waals surface area contributed by atoms with Gasteiger partial charge in [0.2, 0.25) is 0 Å². The predicted octanol–water partition coefficient (Wildman–Crippen LogP) is 2.53. The maximum Gasteiger partial charge on any atom is 0.187 e. The second-order valence-corrected chi connectivity index (χ2v) is 4.83. The quantitative estimate of drug-likeness (QED) is 0.723. The van der Waals surface area contributed by atoms with Crippen LogP contribution in [0.2, 0.25) is 0 Å². The molecule has 100 valence electrons. The summed E-state index contributed by atoms with van der Waals surface area (Å²) in [6.45, 7) is 4.04. The largest absolute Gasteiger partial charge is 0.399 e. The van der Waals surface area contributed by atoms with Crippen LogP contribution >= 0.6 is 0 Å². The lowest BCUT2D eigenvalue weighted by molar-refractivity contribution is 0.790. The Morgan fingerprint density at radius 3 is 2.65 bits per heavy atom. The molecule has 0 fully saturated rings. The Bertz CT molecular complexity index is 760. The van der Waals surface area contributed by atoms with Crippen LogP contribution in [0.15, 0.2) is 42.5 Å². The summed E-state index contributed by atoms with van der Waals surface area (Å²) < 4.78 is 1.74. The fourth-order valence-electron chi connectivity index (χ4n) is 2.23. The van der Waals surface area contributed by atoms with Crippen molar-refractivity contribution in [3.63, 3.8) is 0 Å². The lowest BCUT2D eigenvalue weighted by Crippen LogP contribution is -2.01. The monoisotopic (exact) mass is 265 g/mol. The molecule has 0 aliphatic carbocycles. The van der Waals surface area contributed by atoms with Crippen molar-refractivity contribution in [2.45, 2.75) is 13.8 Å². The van der Waals surface area contributed by atoms with E-state index >= 15 is 0 Å². The van der Waals surface area contributed by atoms with Gasteiger partial charge in [-0.1, -0.05) is 12.1 Å². The highest BCUT2D eigenvalue weighted by molar-refractivity contribution is 5.65. The fourth-order valence-corrected chi connectivity index (χ4v) is 2.23. The normalized spacial score (nSPS) is 10.7. The zero-order chi connectivity index (χ0) is 14.1. The molecule has 5 nitrogen and oxygen atoms in total. The van der Waals surface area contributed by atoms with Gasteiger partial charge in [0, 0.05) is 11.3 Å². The van der Waals surface area contributed by atoms with Crippen LogP contribution in [0.1, 0.15) is 11.1 Å². The van der Waals surface area contributed by atoms with E-state index in [9.17, 15) is 0 Å². The summed E-state index contributed by atoms with van der Waals surface area (Å²) in [5, 5.41) is 12.0. The summed E-state index contributed by atoms with van der Waals surface area (Å²) in [5.74, 6) is 0.716. The van der Waals surface area contributed by atoms with Crippen LogP contribution in [0, 0.1) is 13.8 Å². The molecule has 2 N–H and O–H groups in total. The molecule has 0 saturated heterocycles. The lowest BCUT2D eigenvalue weighted by Gasteiger charge is -2.08. The highest BCUT2D eigenvalue weighted by Gasteiger charge is 2.13. The van der Waals surface area contributed by atoms with Crippen molar-refractivity contribution >= 4 is 5.69 Å². The Hall–Kier alpha value is -2.69. The van der Waals surface area contributed by atoms with E-state index in [0.29, 0.717) is 5.82 Å². The summed E-state index contributed by atoms with van der Waals surface area (Å²) >= 11 is 0. The zero-order valence-electron chi connectivity index (χ0n) is 11.4. The first-order valence-electron chi connectivity index (χ1n) is 6.37. The third-order valence-electron chi connectivity index (χ3n) is 3.21. The van der Waals surface area contributed by atoms with Gasteiger partial charge in [-0.2, -0.15) is 4.68 Å². The number of aromatic nitrogens is 4. The van der Waals surface area contributed by atoms with Gasteiger partial charge in [-0.15, -0.1) is 5.10 Å². The van der Waals surface area contributed by atoms with Gasteiger partial charge in [0.25, 0.3) is 0 Å². The van der Waals surface area contributed by atoms with Crippen LogP contribution in [0.3, 0.4) is 0 Å². The Morgan fingerprint density at radius 2 is 1.90 bits per heavy atom. The van der Waals surface area contributed by atoms with E-state index in [2.05, 4.69) is 15.5 Å². The Balaban J connectivity index is 2.15. The highest BCUT2D eigenvalue weighted by atomic mass is 15.5. The number of anilines is 1. The molecule has 2 aromatic carbocycles. The van der Waals surface area contributed by atoms with Crippen LogP contribution in [-0.4, -0.2) is 20.2 Å². The molecule has 0 unspecified atom stereocenters. The number of nitrogen functional groups attached to an aromatic ring is 1. The van der Waals surface area contributed by atoms with Gasteiger partial charge in [0.05, 0.1) is 5.69 Å². The van der Waals surface area contributed by atoms with E-state index < -0.39 is 0 Å². The van der Waals surface area contributed by atoms with E-state index in [1.54, 1.807) is 4.68 Å². The van der Waals surface area contributed by atoms with E-state index in [-0.39, 0.29) is 0 Å². The minimum Gasteiger partial charge on any atom is -0.399 e. The van der Waals surface area contributed by atoms with Gasteiger partial charge >= 0.3 is 0 Å². The average molecular weight is 265 g/mol. The molecule has 0 radical (unpaired) electrons. The van der Waals surface area contributed by atoms with Crippen LogP contribution in [0.4, 0.5) is 5.69 Å². The van der Waals surface area contributed by atoms with E-state index in [0.717, 1.165) is 28.1 Å². The summed E-state index contributed by atoms with van der Waals surface area (Å²) in [4.78, 5) is 0. The molecule has 3 aromatic rings. The second-order valence-electron chi connectivity index (χ2n) is 4.83. The lowest BCUT2D eigenvalue weighted by atomic mass is 10.1. The van der Waals surface area contributed by atoms with Gasteiger partial charge in [-0.05, 0) is 65.7 Å². The molecule has 1 heterocycles. The number of hydrogen-bond acceptors (Lipinski definition) is 4. The first-order valence-corrected chi connectivity index (χ1v) is 6.37. The maximum atomic E-state index is 5.79. The minimum absolute atomic E-state index is 0.716. The van der Waals surface area contributed by atoms with Gasteiger partial charge in [-0.25, -0.2) is 0 Å². The second kappa shape index (κ2) is 4.77. The molecule has 0 spiro atoms. The molecule has 0 aliphatic rings. The Labute approximate surface area is 117 Å². The first kappa shape index (κ1) is 12.3. The topological polar surface area (TPSA) is 69.6 Å². The number of nitrogens with zero attached hydrogens (tertiary/aromatic N) is 4. The standard InChI is InChI=1S/C15H15N5/c1-10-4-3-5-13(8-10)20-15(17-18-19-20)14-7-6-12(16)9-11(14)2/h3-9H,16H2,1-2H3. The number of hydrogen-bond donors (Lipinski definition) is 1. The Morgan fingerprint density at radius 1 is 1.05 bits per heavy atom. The van der Waals surface area contributed by atoms with E-state index in [4.69, 9.17) is 5.73 Å². The van der Waals surface area contributed by atoms with Crippen molar-refractivity contribution < 1.29 is 0 Å². The summed E-state index contributed by atoms with van der Waals surface area (Å²) in [6, 6.07) is 13.8. The predicted molar refractivity (Wildman–Crippen MR) is 78.5 cm³/mol. The van der Waals surface area contributed by atoms with Gasteiger partial charge in [0.1, 0.15) is 0 Å². The smallest absolute Gasteiger partial charge is 0.187 e. The molecule has 3 rings (SSSR count). The number of nitrogens with two attached hydrogens (primary N) is 1. The van der Waals surface area contributed by atoms with Crippen molar-refractivity contribution in [1.29, 1.82) is 0 Å². The van der Waals surface area contributed by atoms with Crippen LogP contribution in [0.5, 0.6) is 0 Å². The molecule has 0 bridgehead atoms. The zero-order valence-corrected chi connectivity index (χ0v) is 11.4. The van der Waals surface area contributed by atoms with Crippen LogP contribution in [-0.2, 0) is 0 Å². The van der Waals surface area contributed by atoms with Gasteiger partial charge in [0.15, 0.2) is 5.82 Å². The SMILES string of the molecule is Cc1cccc(-n2nnnc2-c2ccc(N)cc2C)c1. The third kappa shape index (κ3) is 2.14. The van der Waals surface area contributed by atoms with Crippen molar-refractivity contribution in [2.75, 3.05) is 5.73 Å². The third-order valence-corrected chi connectivity index (χ3v) is 3.21. The van der Waals surface area contributed by atoms with Gasteiger partial charge < -0.3 is 5.73 Å². The molecule has 1 aromatic heterocycles. The van der Waals surface area contributed by atoms with Crippen LogP contribution in [0.25, 0.3) is 17.1 Å². The maximum absolute atomic E-state index is 5.79. The summed E-state index contributed by atoms with van der Waals surface area (Å²) in [6.07, 6.45) is 0. The number of aryl methyl sites for hydroxylation is 2. The fraction of sp³-hybridized carbons (Fsp3) is 0.133. The van der Waals surface area contributed by atoms with Crippen molar-refractivity contribution in [2.24, 2.45) is 0 Å². The molecular weight excluding hydrogens is 250 g/mol. The molecule has 5 heteroatoms. The van der Waals surface area contributed by atoms with Crippen molar-refractivity contribution in [3.8, 4) is 17.1 Å². The number of tetrazole rings is 1. The molecule has 0 saturated carbocycles. The summed E-state index contributed by atoms with van der Waals surface area (Å²) in [5.41, 5.74) is 10.7. The first-order chi connectivity index (χ1) is 9.65. The van der Waals surface area contributed by atoms with E-state index in [1.807, 2.05) is 56.3 Å². The molecule has 0 atom stereocenters.